The molecule has 0 spiro atoms. The van der Waals surface area contributed by atoms with Gasteiger partial charge < -0.3 is 10.2 Å². The molecule has 116 valence electrons. The number of nitrogens with zero attached hydrogens (tertiary/aromatic N) is 1. The van der Waals surface area contributed by atoms with Gasteiger partial charge in [-0.25, -0.2) is 0 Å². The molecule has 0 fully saturated rings. The van der Waals surface area contributed by atoms with Crippen LogP contribution < -0.4 is 10.2 Å². The summed E-state index contributed by atoms with van der Waals surface area (Å²) in [6.45, 7) is 1.33. The second kappa shape index (κ2) is 8.44. The van der Waals surface area contributed by atoms with Gasteiger partial charge in [-0.3, -0.25) is 4.79 Å². The molecule has 22 heavy (non-hydrogen) atoms. The van der Waals surface area contributed by atoms with Gasteiger partial charge in [-0.1, -0.05) is 41.9 Å². The lowest BCUT2D eigenvalue weighted by atomic mass is 10.1. The Balaban J connectivity index is 1.68. The Morgan fingerprint density at radius 3 is 2.64 bits per heavy atom. The van der Waals surface area contributed by atoms with Crippen molar-refractivity contribution in [2.24, 2.45) is 0 Å². The van der Waals surface area contributed by atoms with Gasteiger partial charge in [0.15, 0.2) is 0 Å². The van der Waals surface area contributed by atoms with Crippen molar-refractivity contribution in [3.05, 3.63) is 65.2 Å². The minimum atomic E-state index is 0.0739. The third-order valence-electron chi connectivity index (χ3n) is 3.50. The standard InChI is InChI=1S/C18H21ClN2O/c1-21(17-8-3-2-4-9-17)13-11-18(22)20-12-10-15-6-5-7-16(19)14-15/h2-9,14H,10-13H2,1H3,(H,20,22). The smallest absolute Gasteiger partial charge is 0.221 e. The van der Waals surface area contributed by atoms with E-state index in [4.69, 9.17) is 11.6 Å². The molecular weight excluding hydrogens is 296 g/mol. The summed E-state index contributed by atoms with van der Waals surface area (Å²) in [5.74, 6) is 0.0739. The molecule has 2 rings (SSSR count). The van der Waals surface area contributed by atoms with Crippen LogP contribution in [0.3, 0.4) is 0 Å². The number of hydrogen-bond acceptors (Lipinski definition) is 2. The summed E-state index contributed by atoms with van der Waals surface area (Å²) in [7, 11) is 1.99. The lowest BCUT2D eigenvalue weighted by molar-refractivity contribution is -0.120. The first kappa shape index (κ1) is 16.4. The van der Waals surface area contributed by atoms with Crippen LogP contribution in [0.4, 0.5) is 5.69 Å². The van der Waals surface area contributed by atoms with E-state index in [-0.39, 0.29) is 5.91 Å². The van der Waals surface area contributed by atoms with Crippen molar-refractivity contribution in [3.63, 3.8) is 0 Å². The molecule has 3 nitrogen and oxygen atoms in total. The lowest BCUT2D eigenvalue weighted by Gasteiger charge is -2.18. The Morgan fingerprint density at radius 1 is 1.14 bits per heavy atom. The maximum Gasteiger partial charge on any atom is 0.221 e. The van der Waals surface area contributed by atoms with E-state index in [9.17, 15) is 4.79 Å². The molecule has 0 heterocycles. The van der Waals surface area contributed by atoms with Gasteiger partial charge in [0.2, 0.25) is 5.91 Å². The van der Waals surface area contributed by atoms with Gasteiger partial charge in [0, 0.05) is 37.3 Å². The van der Waals surface area contributed by atoms with Crippen LogP contribution in [-0.2, 0) is 11.2 Å². The number of anilines is 1. The zero-order chi connectivity index (χ0) is 15.8. The van der Waals surface area contributed by atoms with E-state index in [1.165, 1.54) is 0 Å². The normalized spacial score (nSPS) is 10.3. The summed E-state index contributed by atoms with van der Waals surface area (Å²) >= 11 is 5.94. The highest BCUT2D eigenvalue weighted by atomic mass is 35.5. The van der Waals surface area contributed by atoms with E-state index in [0.29, 0.717) is 19.5 Å². The van der Waals surface area contributed by atoms with Crippen LogP contribution in [0.15, 0.2) is 54.6 Å². The first-order valence-corrected chi connectivity index (χ1v) is 7.80. The van der Waals surface area contributed by atoms with Crippen molar-refractivity contribution in [1.82, 2.24) is 5.32 Å². The highest BCUT2D eigenvalue weighted by Gasteiger charge is 2.05. The highest BCUT2D eigenvalue weighted by Crippen LogP contribution is 2.11. The van der Waals surface area contributed by atoms with Gasteiger partial charge >= 0.3 is 0 Å². The Morgan fingerprint density at radius 2 is 1.91 bits per heavy atom. The summed E-state index contributed by atoms with van der Waals surface area (Å²) in [4.78, 5) is 14.0. The van der Waals surface area contributed by atoms with Gasteiger partial charge in [-0.05, 0) is 36.2 Å². The number of halogens is 1. The zero-order valence-electron chi connectivity index (χ0n) is 12.8. The zero-order valence-corrected chi connectivity index (χ0v) is 13.5. The van der Waals surface area contributed by atoms with Gasteiger partial charge in [0.25, 0.3) is 0 Å². The molecule has 0 bridgehead atoms. The summed E-state index contributed by atoms with van der Waals surface area (Å²) in [5, 5.41) is 3.68. The second-order valence-electron chi connectivity index (χ2n) is 5.24. The minimum Gasteiger partial charge on any atom is -0.374 e. The molecule has 1 N–H and O–H groups in total. The van der Waals surface area contributed by atoms with E-state index < -0.39 is 0 Å². The quantitative estimate of drug-likeness (QED) is 0.847. The molecule has 0 radical (unpaired) electrons. The third-order valence-corrected chi connectivity index (χ3v) is 3.73. The average Bonchev–Trinajstić information content (AvgIpc) is 2.53. The Labute approximate surface area is 136 Å². The van der Waals surface area contributed by atoms with Crippen molar-refractivity contribution >= 4 is 23.2 Å². The minimum absolute atomic E-state index is 0.0739. The molecule has 0 aliphatic heterocycles. The maximum absolute atomic E-state index is 11.9. The second-order valence-corrected chi connectivity index (χ2v) is 5.67. The number of benzene rings is 2. The van der Waals surface area contributed by atoms with E-state index in [1.807, 2.05) is 61.6 Å². The Bertz CT molecular complexity index is 601. The largest absolute Gasteiger partial charge is 0.374 e. The lowest BCUT2D eigenvalue weighted by Crippen LogP contribution is -2.30. The molecule has 2 aromatic rings. The Kier molecular flexibility index (Phi) is 6.28. The molecule has 0 saturated heterocycles. The highest BCUT2D eigenvalue weighted by molar-refractivity contribution is 6.30. The number of amides is 1. The van der Waals surface area contributed by atoms with Crippen LogP contribution in [0.1, 0.15) is 12.0 Å². The topological polar surface area (TPSA) is 32.3 Å². The van der Waals surface area contributed by atoms with Crippen molar-refractivity contribution in [1.29, 1.82) is 0 Å². The summed E-state index contributed by atoms with van der Waals surface area (Å²) in [5.41, 5.74) is 2.25. The van der Waals surface area contributed by atoms with Crippen LogP contribution in [-0.4, -0.2) is 26.0 Å². The van der Waals surface area contributed by atoms with Crippen LogP contribution in [0.5, 0.6) is 0 Å². The van der Waals surface area contributed by atoms with Gasteiger partial charge in [0.05, 0.1) is 0 Å². The molecule has 4 heteroatoms. The predicted octanol–water partition coefficient (Wildman–Crippen LogP) is 3.53. The van der Waals surface area contributed by atoms with Gasteiger partial charge in [0.1, 0.15) is 0 Å². The fourth-order valence-electron chi connectivity index (χ4n) is 2.21. The number of carbonyl (C=O) groups excluding carboxylic acids is 1. The summed E-state index contributed by atoms with van der Waals surface area (Å²) < 4.78 is 0. The van der Waals surface area contributed by atoms with Crippen molar-refractivity contribution in [2.45, 2.75) is 12.8 Å². The van der Waals surface area contributed by atoms with Crippen LogP contribution >= 0.6 is 11.6 Å². The average molecular weight is 317 g/mol. The van der Waals surface area contributed by atoms with Crippen molar-refractivity contribution < 1.29 is 4.79 Å². The van der Waals surface area contributed by atoms with E-state index >= 15 is 0 Å². The van der Waals surface area contributed by atoms with E-state index in [2.05, 4.69) is 10.2 Å². The van der Waals surface area contributed by atoms with Gasteiger partial charge in [-0.15, -0.1) is 0 Å². The number of nitrogens with one attached hydrogen (secondary N) is 1. The predicted molar refractivity (Wildman–Crippen MR) is 92.5 cm³/mol. The Hall–Kier alpha value is -2.00. The number of rotatable bonds is 7. The fraction of sp³-hybridized carbons (Fsp3) is 0.278. The van der Waals surface area contributed by atoms with Crippen LogP contribution in [0, 0.1) is 0 Å². The fourth-order valence-corrected chi connectivity index (χ4v) is 2.42. The van der Waals surface area contributed by atoms with Crippen molar-refractivity contribution in [3.8, 4) is 0 Å². The molecule has 0 atom stereocenters. The molecule has 0 saturated carbocycles. The summed E-state index contributed by atoms with van der Waals surface area (Å²) in [6.07, 6.45) is 1.28. The van der Waals surface area contributed by atoms with Crippen molar-refractivity contribution in [2.75, 3.05) is 25.0 Å². The van der Waals surface area contributed by atoms with E-state index in [1.54, 1.807) is 0 Å². The number of hydrogen-bond donors (Lipinski definition) is 1. The molecule has 2 aromatic carbocycles. The molecule has 0 aliphatic rings. The monoisotopic (exact) mass is 316 g/mol. The molecule has 0 aliphatic carbocycles. The maximum atomic E-state index is 11.9. The first-order valence-electron chi connectivity index (χ1n) is 7.42. The first-order chi connectivity index (χ1) is 10.6. The SMILES string of the molecule is CN(CCC(=O)NCCc1cccc(Cl)c1)c1ccccc1. The molecule has 0 aromatic heterocycles. The summed E-state index contributed by atoms with van der Waals surface area (Å²) in [6, 6.07) is 17.8. The van der Waals surface area contributed by atoms with Crippen LogP contribution in [0.25, 0.3) is 0 Å². The molecule has 0 unspecified atom stereocenters. The number of carbonyl (C=O) groups is 1. The molecule has 1 amide bonds. The van der Waals surface area contributed by atoms with Gasteiger partial charge in [-0.2, -0.15) is 0 Å². The van der Waals surface area contributed by atoms with Crippen LogP contribution in [0.2, 0.25) is 5.02 Å². The third kappa shape index (κ3) is 5.41. The molecular formula is C18H21ClN2O. The van der Waals surface area contributed by atoms with E-state index in [0.717, 1.165) is 22.7 Å². The number of para-hydroxylation sites is 1.